The second kappa shape index (κ2) is 7.85. The Hall–Kier alpha value is -1.35. The highest BCUT2D eigenvalue weighted by atomic mass is 16.5. The van der Waals surface area contributed by atoms with E-state index < -0.39 is 0 Å². The fourth-order valence-corrected chi connectivity index (χ4v) is 1.81. The zero-order chi connectivity index (χ0) is 12.5. The number of amides is 1. The summed E-state index contributed by atoms with van der Waals surface area (Å²) >= 11 is 0. The van der Waals surface area contributed by atoms with E-state index in [0.717, 1.165) is 18.4 Å². The molecule has 3 nitrogen and oxygen atoms in total. The van der Waals surface area contributed by atoms with Gasteiger partial charge in [0.25, 0.3) is 0 Å². The summed E-state index contributed by atoms with van der Waals surface area (Å²) in [5.74, 6) is 0.0635. The lowest BCUT2D eigenvalue weighted by Crippen LogP contribution is -2.30. The van der Waals surface area contributed by atoms with Crippen LogP contribution in [0.1, 0.15) is 31.2 Å². The lowest BCUT2D eigenvalue weighted by Gasteiger charge is -2.15. The van der Waals surface area contributed by atoms with E-state index >= 15 is 0 Å². The third kappa shape index (κ3) is 4.57. The standard InChI is InChI=1S/C14H21NO2/c1-3-13(12-8-5-4-6-9-12)14(16)15-10-7-11-17-2/h4-6,8-9,13H,3,7,10-11H2,1-2H3,(H,15,16)/t13-/m1/s1. The van der Waals surface area contributed by atoms with Crippen LogP contribution in [-0.2, 0) is 9.53 Å². The fraction of sp³-hybridized carbons (Fsp3) is 0.500. The molecule has 1 aromatic carbocycles. The molecule has 94 valence electrons. The summed E-state index contributed by atoms with van der Waals surface area (Å²) in [5.41, 5.74) is 1.08. The highest BCUT2D eigenvalue weighted by Crippen LogP contribution is 2.18. The van der Waals surface area contributed by atoms with Crippen molar-refractivity contribution in [1.82, 2.24) is 5.32 Å². The minimum absolute atomic E-state index is 0.0428. The Kier molecular flexibility index (Phi) is 6.33. The van der Waals surface area contributed by atoms with Gasteiger partial charge in [-0.2, -0.15) is 0 Å². The van der Waals surface area contributed by atoms with Crippen LogP contribution in [0, 0.1) is 0 Å². The van der Waals surface area contributed by atoms with Crippen molar-refractivity contribution in [3.63, 3.8) is 0 Å². The molecule has 0 unspecified atom stereocenters. The zero-order valence-electron chi connectivity index (χ0n) is 10.6. The van der Waals surface area contributed by atoms with E-state index in [0.29, 0.717) is 13.2 Å². The van der Waals surface area contributed by atoms with Gasteiger partial charge in [-0.05, 0) is 18.4 Å². The van der Waals surface area contributed by atoms with Gasteiger partial charge < -0.3 is 10.1 Å². The Labute approximate surface area is 103 Å². The summed E-state index contributed by atoms with van der Waals surface area (Å²) in [6.45, 7) is 3.39. The number of hydrogen-bond donors (Lipinski definition) is 1. The van der Waals surface area contributed by atoms with Crippen molar-refractivity contribution in [2.45, 2.75) is 25.7 Å². The fourth-order valence-electron chi connectivity index (χ4n) is 1.81. The highest BCUT2D eigenvalue weighted by molar-refractivity contribution is 5.83. The van der Waals surface area contributed by atoms with Gasteiger partial charge in [0, 0.05) is 20.3 Å². The summed E-state index contributed by atoms with van der Waals surface area (Å²) in [7, 11) is 1.67. The molecule has 17 heavy (non-hydrogen) atoms. The summed E-state index contributed by atoms with van der Waals surface area (Å²) < 4.78 is 4.94. The number of carbonyl (C=O) groups excluding carboxylic acids is 1. The van der Waals surface area contributed by atoms with Crippen molar-refractivity contribution >= 4 is 5.91 Å². The zero-order valence-corrected chi connectivity index (χ0v) is 10.6. The van der Waals surface area contributed by atoms with Gasteiger partial charge in [-0.15, -0.1) is 0 Å². The van der Waals surface area contributed by atoms with Crippen LogP contribution < -0.4 is 5.32 Å². The Morgan fingerprint density at radius 1 is 1.35 bits per heavy atom. The molecule has 0 radical (unpaired) electrons. The van der Waals surface area contributed by atoms with E-state index in [4.69, 9.17) is 4.74 Å². The molecule has 0 bridgehead atoms. The van der Waals surface area contributed by atoms with E-state index in [-0.39, 0.29) is 11.8 Å². The number of benzene rings is 1. The third-order valence-corrected chi connectivity index (χ3v) is 2.75. The van der Waals surface area contributed by atoms with Gasteiger partial charge in [0.15, 0.2) is 0 Å². The third-order valence-electron chi connectivity index (χ3n) is 2.75. The van der Waals surface area contributed by atoms with Gasteiger partial charge in [-0.3, -0.25) is 4.79 Å². The quantitative estimate of drug-likeness (QED) is 0.737. The molecule has 0 heterocycles. The molecular formula is C14H21NO2. The van der Waals surface area contributed by atoms with Gasteiger partial charge >= 0.3 is 0 Å². The Bertz CT molecular complexity index is 324. The lowest BCUT2D eigenvalue weighted by atomic mass is 9.96. The van der Waals surface area contributed by atoms with Gasteiger partial charge in [0.2, 0.25) is 5.91 Å². The predicted octanol–water partition coefficient (Wildman–Crippen LogP) is 2.33. The number of carbonyl (C=O) groups is 1. The monoisotopic (exact) mass is 235 g/mol. The molecular weight excluding hydrogens is 214 g/mol. The maximum atomic E-state index is 12.0. The second-order valence-corrected chi connectivity index (χ2v) is 4.01. The van der Waals surface area contributed by atoms with Gasteiger partial charge in [0.1, 0.15) is 0 Å². The van der Waals surface area contributed by atoms with Crippen molar-refractivity contribution in [2.24, 2.45) is 0 Å². The minimum Gasteiger partial charge on any atom is -0.385 e. The van der Waals surface area contributed by atoms with Gasteiger partial charge in [-0.1, -0.05) is 37.3 Å². The first kappa shape index (κ1) is 13.7. The molecule has 0 fully saturated rings. The second-order valence-electron chi connectivity index (χ2n) is 4.01. The Balaban J connectivity index is 2.48. The number of hydrogen-bond acceptors (Lipinski definition) is 2. The SMILES string of the molecule is CC[C@@H](C(=O)NCCCOC)c1ccccc1. The molecule has 0 aliphatic carbocycles. The molecule has 0 spiro atoms. The van der Waals surface area contributed by atoms with E-state index in [1.165, 1.54) is 0 Å². The van der Waals surface area contributed by atoms with Crippen LogP contribution in [0.25, 0.3) is 0 Å². The van der Waals surface area contributed by atoms with Crippen molar-refractivity contribution < 1.29 is 9.53 Å². The maximum absolute atomic E-state index is 12.0. The minimum atomic E-state index is -0.0428. The summed E-state index contributed by atoms with van der Waals surface area (Å²) in [6, 6.07) is 9.91. The smallest absolute Gasteiger partial charge is 0.227 e. The number of nitrogens with one attached hydrogen (secondary N) is 1. The van der Waals surface area contributed by atoms with E-state index in [2.05, 4.69) is 5.32 Å². The number of methoxy groups -OCH3 is 1. The van der Waals surface area contributed by atoms with E-state index in [1.807, 2.05) is 37.3 Å². The van der Waals surface area contributed by atoms with Crippen molar-refractivity contribution in [2.75, 3.05) is 20.3 Å². The van der Waals surface area contributed by atoms with Gasteiger partial charge in [0.05, 0.1) is 5.92 Å². The van der Waals surface area contributed by atoms with E-state index in [1.54, 1.807) is 7.11 Å². The maximum Gasteiger partial charge on any atom is 0.227 e. The summed E-state index contributed by atoms with van der Waals surface area (Å²) in [6.07, 6.45) is 1.67. The molecule has 0 saturated heterocycles. The highest BCUT2D eigenvalue weighted by Gasteiger charge is 2.17. The van der Waals surface area contributed by atoms with Crippen molar-refractivity contribution in [3.8, 4) is 0 Å². The molecule has 3 heteroatoms. The summed E-state index contributed by atoms with van der Waals surface area (Å²) in [5, 5.41) is 2.95. The predicted molar refractivity (Wildman–Crippen MR) is 69.0 cm³/mol. The van der Waals surface area contributed by atoms with Crippen LogP contribution in [0.3, 0.4) is 0 Å². The molecule has 1 atom stereocenters. The normalized spacial score (nSPS) is 12.1. The molecule has 1 amide bonds. The van der Waals surface area contributed by atoms with Gasteiger partial charge in [-0.25, -0.2) is 0 Å². The molecule has 0 aliphatic heterocycles. The largest absolute Gasteiger partial charge is 0.385 e. The summed E-state index contributed by atoms with van der Waals surface area (Å²) in [4.78, 5) is 12.0. The van der Waals surface area contributed by atoms with Crippen LogP contribution in [0.5, 0.6) is 0 Å². The molecule has 1 N–H and O–H groups in total. The topological polar surface area (TPSA) is 38.3 Å². The molecule has 1 aromatic rings. The van der Waals surface area contributed by atoms with Crippen LogP contribution >= 0.6 is 0 Å². The van der Waals surface area contributed by atoms with Crippen LogP contribution in [-0.4, -0.2) is 26.2 Å². The van der Waals surface area contributed by atoms with Crippen molar-refractivity contribution in [3.05, 3.63) is 35.9 Å². The van der Waals surface area contributed by atoms with Crippen LogP contribution in [0.4, 0.5) is 0 Å². The molecule has 0 aromatic heterocycles. The number of rotatable bonds is 7. The van der Waals surface area contributed by atoms with Crippen LogP contribution in [0.15, 0.2) is 30.3 Å². The first-order valence-corrected chi connectivity index (χ1v) is 6.11. The molecule has 1 rings (SSSR count). The first-order valence-electron chi connectivity index (χ1n) is 6.11. The molecule has 0 saturated carbocycles. The average molecular weight is 235 g/mol. The van der Waals surface area contributed by atoms with Crippen LogP contribution in [0.2, 0.25) is 0 Å². The average Bonchev–Trinajstić information content (AvgIpc) is 2.37. The Morgan fingerprint density at radius 3 is 2.65 bits per heavy atom. The lowest BCUT2D eigenvalue weighted by molar-refractivity contribution is -0.122. The first-order chi connectivity index (χ1) is 8.29. The molecule has 0 aliphatic rings. The number of ether oxygens (including phenoxy) is 1. The van der Waals surface area contributed by atoms with Crippen molar-refractivity contribution in [1.29, 1.82) is 0 Å². The Morgan fingerprint density at radius 2 is 2.06 bits per heavy atom. The van der Waals surface area contributed by atoms with E-state index in [9.17, 15) is 4.79 Å².